The van der Waals surface area contributed by atoms with Crippen LogP contribution in [0.4, 0.5) is 17.1 Å². The van der Waals surface area contributed by atoms with Crippen LogP contribution in [0.3, 0.4) is 0 Å². The molecular weight excluding hydrogens is 687 g/mol. The van der Waals surface area contributed by atoms with Gasteiger partial charge < -0.3 is 4.90 Å². The van der Waals surface area contributed by atoms with E-state index in [9.17, 15) is 16.4 Å². The van der Waals surface area contributed by atoms with Gasteiger partial charge in [-0.3, -0.25) is 0 Å². The molecule has 0 radical (unpaired) electrons. The molecule has 0 saturated heterocycles. The van der Waals surface area contributed by atoms with Crippen LogP contribution in [0.15, 0.2) is 224 Å². The van der Waals surface area contributed by atoms with Crippen LogP contribution in [0.1, 0.15) is 16.4 Å². The predicted molar refractivity (Wildman–Crippen MR) is 245 cm³/mol. The Morgan fingerprint density at radius 3 is 1.05 bits per heavy atom. The molecule has 0 spiro atoms. The Labute approximate surface area is 349 Å². The second-order valence-corrected chi connectivity index (χ2v) is 13.9. The van der Waals surface area contributed by atoms with Gasteiger partial charge in [-0.1, -0.05) is 176 Å². The molecule has 0 N–H and O–H groups in total. The highest BCUT2D eigenvalue weighted by molar-refractivity contribution is 6.15. The maximum atomic E-state index is 9.77. The van der Waals surface area contributed by atoms with Crippen molar-refractivity contribution in [3.63, 3.8) is 0 Å². The van der Waals surface area contributed by atoms with Gasteiger partial charge in [0.05, 0.1) is 16.4 Å². The molecule has 0 heterocycles. The van der Waals surface area contributed by atoms with Crippen molar-refractivity contribution in [1.29, 1.82) is 0 Å². The lowest BCUT2D eigenvalue weighted by Crippen LogP contribution is -2.09. The van der Waals surface area contributed by atoms with Gasteiger partial charge >= 0.3 is 0 Å². The van der Waals surface area contributed by atoms with Crippen molar-refractivity contribution in [3.05, 3.63) is 224 Å². The molecule has 0 bridgehead atoms. The van der Waals surface area contributed by atoms with Gasteiger partial charge in [-0.05, 0) is 136 Å². The Kier molecular flexibility index (Phi) is 5.47. The van der Waals surface area contributed by atoms with Gasteiger partial charge in [0.2, 0.25) is 0 Å². The molecule has 0 aliphatic heterocycles. The standard InChI is InChI=1S/C56H37N/c1-4-16-47-38(12-1)15-11-23-48(47)39-24-30-44(31-25-39)57(45-32-26-40(27-33-45)55-36-42-13-2-5-17-49(42)51-19-7-9-21-53(51)55)46-34-28-41(29-35-46)56-37-43-14-3-6-18-50(43)52-20-8-10-22-54(52)56/h1-37H/i24D,25D,26D,27D,28D,29D,30D,31D,32D,33D,34D,35D. The largest absolute Gasteiger partial charge is 0.311 e. The summed E-state index contributed by atoms with van der Waals surface area (Å²) in [6.45, 7) is 0. The van der Waals surface area contributed by atoms with Gasteiger partial charge in [0.1, 0.15) is 0 Å². The van der Waals surface area contributed by atoms with Gasteiger partial charge in [-0.2, -0.15) is 0 Å². The van der Waals surface area contributed by atoms with E-state index in [2.05, 4.69) is 0 Å². The number of benzene rings is 11. The summed E-state index contributed by atoms with van der Waals surface area (Å²) in [5.41, 5.74) is -0.622. The van der Waals surface area contributed by atoms with Crippen LogP contribution >= 0.6 is 0 Å². The summed E-state index contributed by atoms with van der Waals surface area (Å²) >= 11 is 0. The molecular formula is C56H37N. The van der Waals surface area contributed by atoms with Crippen LogP contribution in [0.25, 0.3) is 87.2 Å². The maximum Gasteiger partial charge on any atom is 0.0645 e. The zero-order valence-corrected chi connectivity index (χ0v) is 30.4. The van der Waals surface area contributed by atoms with E-state index in [0.717, 1.165) is 42.6 Å². The fourth-order valence-electron chi connectivity index (χ4n) is 7.96. The monoisotopic (exact) mass is 735 g/mol. The first-order valence-corrected chi connectivity index (χ1v) is 18.7. The van der Waals surface area contributed by atoms with Crippen LogP contribution in [0.5, 0.6) is 0 Å². The quantitative estimate of drug-likeness (QED) is 0.154. The molecule has 57 heavy (non-hydrogen) atoms. The van der Waals surface area contributed by atoms with E-state index in [1.54, 1.807) is 18.2 Å². The summed E-state index contributed by atoms with van der Waals surface area (Å²) in [5.74, 6) is 0. The van der Waals surface area contributed by atoms with Crippen LogP contribution in [-0.2, 0) is 0 Å². The lowest BCUT2D eigenvalue weighted by molar-refractivity contribution is 1.28. The van der Waals surface area contributed by atoms with Crippen LogP contribution < -0.4 is 4.90 Å². The summed E-state index contributed by atoms with van der Waals surface area (Å²) in [4.78, 5) is 0.875. The third kappa shape index (κ3) is 5.72. The van der Waals surface area contributed by atoms with Crippen LogP contribution in [-0.4, -0.2) is 0 Å². The third-order valence-electron chi connectivity index (χ3n) is 10.6. The fourth-order valence-corrected chi connectivity index (χ4v) is 7.96. The summed E-state index contributed by atoms with van der Waals surface area (Å²) in [5, 5.41) is 7.89. The molecule has 266 valence electrons. The van der Waals surface area contributed by atoms with Gasteiger partial charge in [0, 0.05) is 17.1 Å². The van der Waals surface area contributed by atoms with Crippen molar-refractivity contribution in [1.82, 2.24) is 0 Å². The minimum absolute atomic E-state index is 0.0401. The van der Waals surface area contributed by atoms with Gasteiger partial charge in [-0.25, -0.2) is 0 Å². The second kappa shape index (κ2) is 13.7. The van der Waals surface area contributed by atoms with Crippen LogP contribution in [0, 0.1) is 0 Å². The summed E-state index contributed by atoms with van der Waals surface area (Å²) < 4.78 is 116. The molecule has 0 saturated carbocycles. The molecule has 0 fully saturated rings. The minimum atomic E-state index is -0.667. The third-order valence-corrected chi connectivity index (χ3v) is 10.6. The summed E-state index contributed by atoms with van der Waals surface area (Å²) in [6.07, 6.45) is 0. The minimum Gasteiger partial charge on any atom is -0.311 e. The van der Waals surface area contributed by atoms with Crippen molar-refractivity contribution < 1.29 is 16.4 Å². The molecule has 1 nitrogen and oxygen atoms in total. The number of hydrogen-bond acceptors (Lipinski definition) is 1. The molecule has 0 aliphatic rings. The normalized spacial score (nSPS) is 14.5. The molecule has 0 unspecified atom stereocenters. The lowest BCUT2D eigenvalue weighted by atomic mass is 9.93. The fraction of sp³-hybridized carbons (Fsp3) is 0. The smallest absolute Gasteiger partial charge is 0.0645 e. The van der Waals surface area contributed by atoms with Crippen molar-refractivity contribution in [2.24, 2.45) is 0 Å². The summed E-state index contributed by atoms with van der Waals surface area (Å²) in [7, 11) is 0. The number of anilines is 3. The maximum absolute atomic E-state index is 9.77. The Hall–Kier alpha value is -7.48. The van der Waals surface area contributed by atoms with E-state index in [0.29, 0.717) is 32.8 Å². The number of nitrogens with zero attached hydrogens (tertiary/aromatic N) is 1. The summed E-state index contributed by atoms with van der Waals surface area (Å²) in [6, 6.07) is 39.5. The van der Waals surface area contributed by atoms with E-state index in [4.69, 9.17) is 0 Å². The molecule has 0 aromatic heterocycles. The van der Waals surface area contributed by atoms with Crippen molar-refractivity contribution in [3.8, 4) is 33.4 Å². The number of hydrogen-bond donors (Lipinski definition) is 0. The highest BCUT2D eigenvalue weighted by atomic mass is 15.1. The molecule has 0 aliphatic carbocycles. The van der Waals surface area contributed by atoms with Crippen molar-refractivity contribution in [2.75, 3.05) is 4.90 Å². The Morgan fingerprint density at radius 1 is 0.263 bits per heavy atom. The Morgan fingerprint density at radius 2 is 0.596 bits per heavy atom. The first kappa shape index (κ1) is 22.8. The van der Waals surface area contributed by atoms with Crippen molar-refractivity contribution in [2.45, 2.75) is 0 Å². The van der Waals surface area contributed by atoms with E-state index in [1.807, 2.05) is 133 Å². The Bertz CT molecular complexity index is 3740. The molecule has 0 atom stereocenters. The van der Waals surface area contributed by atoms with E-state index in [1.165, 1.54) is 0 Å². The Balaban J connectivity index is 1.23. The SMILES string of the molecule is [2H]c1c([2H])c(N(c2c([2H])c([2H])c(-c3cc4ccccc4c4ccccc34)c([2H])c2[2H])c2c([2H])c([2H])c(-c3cc4ccccc4c4ccccc34)c([2H])c2[2H])c([2H])c([2H])c1-c1cccc2ccccc12. The van der Waals surface area contributed by atoms with Gasteiger partial charge in [0.15, 0.2) is 0 Å². The van der Waals surface area contributed by atoms with E-state index in [-0.39, 0.29) is 16.7 Å². The molecule has 11 rings (SSSR count). The zero-order chi connectivity index (χ0) is 48.2. The molecule has 11 aromatic carbocycles. The molecule has 11 aromatic rings. The molecule has 1 heteroatoms. The number of rotatable bonds is 6. The number of fused-ring (bicyclic) bond motifs is 7. The second-order valence-electron chi connectivity index (χ2n) is 13.9. The lowest BCUT2D eigenvalue weighted by Gasteiger charge is -2.26. The average molecular weight is 736 g/mol. The highest BCUT2D eigenvalue weighted by Crippen LogP contribution is 2.41. The van der Waals surface area contributed by atoms with Crippen molar-refractivity contribution >= 4 is 70.9 Å². The zero-order valence-electron chi connectivity index (χ0n) is 42.4. The first-order chi connectivity index (χ1) is 33.3. The first-order valence-electron chi connectivity index (χ1n) is 24.7. The van der Waals surface area contributed by atoms with E-state index < -0.39 is 89.6 Å². The topological polar surface area (TPSA) is 3.24 Å². The van der Waals surface area contributed by atoms with Gasteiger partial charge in [0.25, 0.3) is 0 Å². The predicted octanol–water partition coefficient (Wildman–Crippen LogP) is 15.9. The van der Waals surface area contributed by atoms with E-state index >= 15 is 0 Å². The average Bonchev–Trinajstić information content (AvgIpc) is 3.37. The molecule has 0 amide bonds. The highest BCUT2D eigenvalue weighted by Gasteiger charge is 2.16. The van der Waals surface area contributed by atoms with Gasteiger partial charge in [-0.15, -0.1) is 0 Å². The van der Waals surface area contributed by atoms with Crippen LogP contribution in [0.2, 0.25) is 0 Å².